The van der Waals surface area contributed by atoms with Gasteiger partial charge in [0.1, 0.15) is 0 Å². The normalized spacial score (nSPS) is 34.4. The lowest BCUT2D eigenvalue weighted by Gasteiger charge is -2.31. The van der Waals surface area contributed by atoms with Crippen LogP contribution in [-0.4, -0.2) is 37.1 Å². The molecule has 2 aliphatic heterocycles. The highest BCUT2D eigenvalue weighted by Crippen LogP contribution is 2.14. The van der Waals surface area contributed by atoms with Gasteiger partial charge in [-0.2, -0.15) is 0 Å². The van der Waals surface area contributed by atoms with Crippen molar-refractivity contribution < 1.29 is 0 Å². The minimum atomic E-state index is 0.839. The van der Waals surface area contributed by atoms with Crippen LogP contribution in [0.3, 0.4) is 0 Å². The Labute approximate surface area is 69.0 Å². The van der Waals surface area contributed by atoms with Gasteiger partial charge in [0, 0.05) is 19.1 Å². The summed E-state index contributed by atoms with van der Waals surface area (Å²) in [6.45, 7) is 4.99. The second-order valence-corrected chi connectivity index (χ2v) is 3.57. The van der Waals surface area contributed by atoms with E-state index in [0.29, 0.717) is 0 Å². The van der Waals surface area contributed by atoms with Crippen molar-refractivity contribution in [2.45, 2.75) is 25.3 Å². The fourth-order valence-corrected chi connectivity index (χ4v) is 2.07. The Morgan fingerprint density at radius 3 is 3.09 bits per heavy atom. The van der Waals surface area contributed by atoms with Gasteiger partial charge in [-0.1, -0.05) is 0 Å². The van der Waals surface area contributed by atoms with Gasteiger partial charge in [0.15, 0.2) is 0 Å². The largest absolute Gasteiger partial charge is 0.315 e. The van der Waals surface area contributed by atoms with E-state index in [0.717, 1.165) is 6.04 Å². The molecule has 2 saturated heterocycles. The van der Waals surface area contributed by atoms with Gasteiger partial charge in [-0.25, -0.2) is 0 Å². The Morgan fingerprint density at radius 1 is 1.45 bits per heavy atom. The predicted octanol–water partition coefficient (Wildman–Crippen LogP) is 0.648. The van der Waals surface area contributed by atoms with Crippen molar-refractivity contribution in [3.63, 3.8) is 0 Å². The monoisotopic (exact) mass is 153 g/mol. The van der Waals surface area contributed by atoms with Crippen LogP contribution in [0.15, 0.2) is 0 Å². The first-order valence-corrected chi connectivity index (χ1v) is 4.73. The quantitative estimate of drug-likeness (QED) is 0.595. The molecule has 0 aromatic heterocycles. The lowest BCUT2D eigenvalue weighted by molar-refractivity contribution is 0.200. The van der Waals surface area contributed by atoms with Crippen LogP contribution in [-0.2, 0) is 0 Å². The summed E-state index contributed by atoms with van der Waals surface area (Å²) in [5.74, 6) is 0. The highest BCUT2D eigenvalue weighted by Gasteiger charge is 2.22. The molecular weight excluding hydrogens is 136 g/mol. The number of hydrogen-bond donors (Lipinski definition) is 1. The number of nitrogens with one attached hydrogen (secondary N) is 1. The fraction of sp³-hybridized carbons (Fsp3) is 0.889. The van der Waals surface area contributed by atoms with Gasteiger partial charge < -0.3 is 5.32 Å². The minimum Gasteiger partial charge on any atom is -0.315 e. The molecular formula is C9H17N2. The molecule has 1 unspecified atom stereocenters. The third-order valence-electron chi connectivity index (χ3n) is 2.77. The Kier molecular flexibility index (Phi) is 2.44. The number of piperidine rings is 1. The average molecular weight is 153 g/mol. The zero-order chi connectivity index (χ0) is 7.52. The summed E-state index contributed by atoms with van der Waals surface area (Å²) >= 11 is 0. The fourth-order valence-electron chi connectivity index (χ4n) is 2.07. The molecule has 63 valence electrons. The number of nitrogens with zero attached hydrogens (tertiary/aromatic N) is 1. The summed E-state index contributed by atoms with van der Waals surface area (Å²) in [5, 5.41) is 3.41. The molecule has 0 amide bonds. The zero-order valence-electron chi connectivity index (χ0n) is 7.05. The van der Waals surface area contributed by atoms with Gasteiger partial charge in [0.25, 0.3) is 0 Å². The van der Waals surface area contributed by atoms with Crippen molar-refractivity contribution in [1.29, 1.82) is 0 Å². The summed E-state index contributed by atoms with van der Waals surface area (Å²) < 4.78 is 0. The lowest BCUT2D eigenvalue weighted by Crippen LogP contribution is -2.40. The van der Waals surface area contributed by atoms with E-state index in [-0.39, 0.29) is 0 Å². The molecule has 0 aliphatic carbocycles. The molecule has 0 aromatic rings. The summed E-state index contributed by atoms with van der Waals surface area (Å²) in [4.78, 5) is 2.61. The molecule has 1 radical (unpaired) electrons. The van der Waals surface area contributed by atoms with E-state index in [1.165, 1.54) is 45.4 Å². The Hall–Kier alpha value is -0.0800. The van der Waals surface area contributed by atoms with Crippen molar-refractivity contribution in [1.82, 2.24) is 10.2 Å². The van der Waals surface area contributed by atoms with Gasteiger partial charge in [-0.05, 0) is 38.8 Å². The van der Waals surface area contributed by atoms with Crippen LogP contribution in [0.2, 0.25) is 0 Å². The predicted molar refractivity (Wildman–Crippen MR) is 46.4 cm³/mol. The van der Waals surface area contributed by atoms with Crippen molar-refractivity contribution in [3.8, 4) is 0 Å². The smallest absolute Gasteiger partial charge is 0.0232 e. The highest BCUT2D eigenvalue weighted by molar-refractivity contribution is 4.86. The first-order valence-electron chi connectivity index (χ1n) is 4.73. The van der Waals surface area contributed by atoms with E-state index in [2.05, 4.69) is 16.6 Å². The van der Waals surface area contributed by atoms with Crippen LogP contribution in [0.4, 0.5) is 0 Å². The molecule has 2 fully saturated rings. The van der Waals surface area contributed by atoms with Crippen LogP contribution in [0, 0.1) is 6.42 Å². The van der Waals surface area contributed by atoms with Crippen LogP contribution in [0.1, 0.15) is 19.3 Å². The highest BCUT2D eigenvalue weighted by atomic mass is 15.2. The first kappa shape index (κ1) is 7.56. The molecule has 2 heterocycles. The maximum atomic E-state index is 3.41. The van der Waals surface area contributed by atoms with E-state index in [1.807, 2.05) is 0 Å². The van der Waals surface area contributed by atoms with Crippen LogP contribution < -0.4 is 5.32 Å². The van der Waals surface area contributed by atoms with Crippen molar-refractivity contribution in [2.24, 2.45) is 0 Å². The maximum Gasteiger partial charge on any atom is 0.0232 e. The number of likely N-dealkylation sites (tertiary alicyclic amines) is 1. The molecule has 2 rings (SSSR count). The molecule has 2 aliphatic rings. The molecule has 0 bridgehead atoms. The topological polar surface area (TPSA) is 15.3 Å². The Morgan fingerprint density at radius 2 is 2.45 bits per heavy atom. The molecule has 1 N–H and O–H groups in total. The third kappa shape index (κ3) is 1.74. The van der Waals surface area contributed by atoms with E-state index < -0.39 is 0 Å². The Bertz CT molecular complexity index is 113. The Balaban J connectivity index is 1.82. The second kappa shape index (κ2) is 3.55. The minimum absolute atomic E-state index is 0.839. The summed E-state index contributed by atoms with van der Waals surface area (Å²) in [5.41, 5.74) is 0. The SMILES string of the molecule is [CH]1CCCN(C2CCNC2)C1. The van der Waals surface area contributed by atoms with Gasteiger partial charge in [0.05, 0.1) is 0 Å². The average Bonchev–Trinajstić information content (AvgIpc) is 2.58. The van der Waals surface area contributed by atoms with E-state index in [4.69, 9.17) is 0 Å². The molecule has 0 spiro atoms. The van der Waals surface area contributed by atoms with Crippen LogP contribution in [0.5, 0.6) is 0 Å². The first-order chi connectivity index (χ1) is 5.47. The van der Waals surface area contributed by atoms with E-state index >= 15 is 0 Å². The molecule has 1 atom stereocenters. The van der Waals surface area contributed by atoms with Gasteiger partial charge in [-0.3, -0.25) is 4.90 Å². The molecule has 2 heteroatoms. The van der Waals surface area contributed by atoms with Crippen molar-refractivity contribution in [2.75, 3.05) is 26.2 Å². The van der Waals surface area contributed by atoms with E-state index in [1.54, 1.807) is 0 Å². The number of rotatable bonds is 1. The molecule has 2 nitrogen and oxygen atoms in total. The van der Waals surface area contributed by atoms with Crippen molar-refractivity contribution in [3.05, 3.63) is 6.42 Å². The van der Waals surface area contributed by atoms with Gasteiger partial charge >= 0.3 is 0 Å². The zero-order valence-corrected chi connectivity index (χ0v) is 7.05. The molecule has 11 heavy (non-hydrogen) atoms. The van der Waals surface area contributed by atoms with E-state index in [9.17, 15) is 0 Å². The van der Waals surface area contributed by atoms with Crippen molar-refractivity contribution >= 4 is 0 Å². The molecule has 0 saturated carbocycles. The summed E-state index contributed by atoms with van der Waals surface area (Å²) in [6, 6.07) is 0.839. The van der Waals surface area contributed by atoms with Gasteiger partial charge in [0.2, 0.25) is 0 Å². The standard InChI is InChI=1S/C9H17N2/c1-2-6-11(7-3-1)9-4-5-10-8-9/h2,9-10H,1,3-8H2. The van der Waals surface area contributed by atoms with Crippen LogP contribution >= 0.6 is 0 Å². The number of hydrogen-bond acceptors (Lipinski definition) is 2. The van der Waals surface area contributed by atoms with Gasteiger partial charge in [-0.15, -0.1) is 0 Å². The lowest BCUT2D eigenvalue weighted by atomic mass is 10.1. The maximum absolute atomic E-state index is 3.41. The molecule has 0 aromatic carbocycles. The van der Waals surface area contributed by atoms with Crippen LogP contribution in [0.25, 0.3) is 0 Å². The third-order valence-corrected chi connectivity index (χ3v) is 2.77. The summed E-state index contributed by atoms with van der Waals surface area (Å²) in [7, 11) is 0. The summed E-state index contributed by atoms with van der Waals surface area (Å²) in [6.07, 6.45) is 6.48. The second-order valence-electron chi connectivity index (χ2n) is 3.57.